The molecule has 1 saturated heterocycles. The van der Waals surface area contributed by atoms with Crippen LogP contribution >= 0.6 is 11.6 Å². The fraction of sp³-hybridized carbons (Fsp3) is 0.269. The van der Waals surface area contributed by atoms with Crippen molar-refractivity contribution in [3.63, 3.8) is 0 Å². The molecule has 0 bridgehead atoms. The predicted molar refractivity (Wildman–Crippen MR) is 134 cm³/mol. The fourth-order valence-electron chi connectivity index (χ4n) is 4.11. The molecule has 33 heavy (non-hydrogen) atoms. The van der Waals surface area contributed by atoms with Crippen molar-refractivity contribution in [3.05, 3.63) is 82.8 Å². The van der Waals surface area contributed by atoms with E-state index in [1.54, 1.807) is 6.20 Å². The van der Waals surface area contributed by atoms with Crippen molar-refractivity contribution in [1.29, 1.82) is 0 Å². The van der Waals surface area contributed by atoms with Crippen LogP contribution in [-0.2, 0) is 17.6 Å². The number of aryl methyl sites for hydroxylation is 3. The molecule has 0 amide bonds. The van der Waals surface area contributed by atoms with E-state index in [-0.39, 0.29) is 0 Å². The quantitative estimate of drug-likeness (QED) is 0.419. The molecule has 0 spiro atoms. The van der Waals surface area contributed by atoms with Crippen molar-refractivity contribution in [2.75, 3.05) is 36.5 Å². The van der Waals surface area contributed by atoms with Gasteiger partial charge in [-0.2, -0.15) is 0 Å². The molecule has 0 radical (unpaired) electrons. The van der Waals surface area contributed by atoms with Crippen LogP contribution in [0.1, 0.15) is 17.0 Å². The maximum atomic E-state index is 6.12. The summed E-state index contributed by atoms with van der Waals surface area (Å²) in [6.45, 7) is 5.17. The highest BCUT2D eigenvalue weighted by atomic mass is 35.5. The number of halogens is 1. The van der Waals surface area contributed by atoms with Crippen molar-refractivity contribution in [1.82, 2.24) is 15.0 Å². The van der Waals surface area contributed by atoms with E-state index in [2.05, 4.69) is 50.5 Å². The number of hydrogen-bond donors (Lipinski definition) is 1. The van der Waals surface area contributed by atoms with Gasteiger partial charge < -0.3 is 15.0 Å². The van der Waals surface area contributed by atoms with Crippen LogP contribution in [0.5, 0.6) is 0 Å². The summed E-state index contributed by atoms with van der Waals surface area (Å²) in [5, 5.41) is 5.27. The first-order chi connectivity index (χ1) is 16.1. The van der Waals surface area contributed by atoms with E-state index in [4.69, 9.17) is 21.3 Å². The maximum Gasteiger partial charge on any atom is 0.225 e. The Morgan fingerprint density at radius 2 is 1.88 bits per heavy atom. The fourth-order valence-corrected chi connectivity index (χ4v) is 4.28. The van der Waals surface area contributed by atoms with Crippen LogP contribution in [0.15, 0.2) is 60.8 Å². The van der Waals surface area contributed by atoms with Gasteiger partial charge in [0, 0.05) is 52.5 Å². The van der Waals surface area contributed by atoms with Gasteiger partial charge in [-0.1, -0.05) is 23.7 Å². The van der Waals surface area contributed by atoms with Gasteiger partial charge >= 0.3 is 0 Å². The number of pyridine rings is 1. The summed E-state index contributed by atoms with van der Waals surface area (Å²) in [6, 6.07) is 18.4. The molecular formula is C26H26ClN5O. The summed E-state index contributed by atoms with van der Waals surface area (Å²) in [5.74, 6) is 0.813. The molecular weight excluding hydrogens is 434 g/mol. The van der Waals surface area contributed by atoms with Gasteiger partial charge in [0.25, 0.3) is 0 Å². The van der Waals surface area contributed by atoms with E-state index in [0.29, 0.717) is 5.02 Å². The Balaban J connectivity index is 1.30. The van der Waals surface area contributed by atoms with Gasteiger partial charge in [-0.25, -0.2) is 9.97 Å². The molecule has 5 rings (SSSR count). The molecule has 1 aliphatic rings. The van der Waals surface area contributed by atoms with Gasteiger partial charge in [0.05, 0.1) is 18.7 Å². The first kappa shape index (κ1) is 21.6. The molecule has 0 aliphatic carbocycles. The van der Waals surface area contributed by atoms with E-state index in [9.17, 15) is 0 Å². The maximum absolute atomic E-state index is 6.12. The molecule has 2 aromatic carbocycles. The third-order valence-corrected chi connectivity index (χ3v) is 6.01. The van der Waals surface area contributed by atoms with Crippen molar-refractivity contribution < 1.29 is 4.74 Å². The third kappa shape index (κ3) is 5.24. The third-order valence-electron chi connectivity index (χ3n) is 5.77. The monoisotopic (exact) mass is 459 g/mol. The van der Waals surface area contributed by atoms with Gasteiger partial charge in [0.15, 0.2) is 0 Å². The average Bonchev–Trinajstić information content (AvgIpc) is 2.83. The van der Waals surface area contributed by atoms with Crippen molar-refractivity contribution >= 4 is 39.8 Å². The zero-order valence-corrected chi connectivity index (χ0v) is 19.3. The molecule has 1 aliphatic heterocycles. The summed E-state index contributed by atoms with van der Waals surface area (Å²) >= 11 is 6.12. The summed E-state index contributed by atoms with van der Waals surface area (Å²) in [5.41, 5.74) is 6.25. The molecule has 4 aromatic rings. The molecule has 0 atom stereocenters. The smallest absolute Gasteiger partial charge is 0.225 e. The van der Waals surface area contributed by atoms with Gasteiger partial charge in [0.1, 0.15) is 0 Å². The predicted octanol–water partition coefficient (Wildman–Crippen LogP) is 5.35. The minimum Gasteiger partial charge on any atom is -0.378 e. The minimum atomic E-state index is 0.686. The number of aromatic nitrogens is 3. The number of nitrogens with zero attached hydrogens (tertiary/aromatic N) is 4. The standard InChI is InChI=1S/C26H26ClN5O/c1-18-15-22(31-26(29-18)32-11-13-33-14-12-32)7-5-19-3-2-4-21(16-19)30-24-9-10-28-25-17-20(27)6-8-23(24)25/h2-4,6,8-10,15-17H,5,7,11-14H2,1H3,(H,28,30). The number of fused-ring (bicyclic) bond motifs is 1. The van der Waals surface area contributed by atoms with Crippen LogP contribution in [0, 0.1) is 6.92 Å². The Bertz CT molecular complexity index is 1270. The van der Waals surface area contributed by atoms with E-state index >= 15 is 0 Å². The Morgan fingerprint density at radius 3 is 2.76 bits per heavy atom. The summed E-state index contributed by atoms with van der Waals surface area (Å²) < 4.78 is 5.46. The van der Waals surface area contributed by atoms with Crippen molar-refractivity contribution in [2.45, 2.75) is 19.8 Å². The largest absolute Gasteiger partial charge is 0.378 e. The number of rotatable bonds is 6. The number of morpholine rings is 1. The van der Waals surface area contributed by atoms with Gasteiger partial charge in [-0.3, -0.25) is 4.98 Å². The molecule has 3 heterocycles. The van der Waals surface area contributed by atoms with Crippen LogP contribution in [0.2, 0.25) is 5.02 Å². The number of anilines is 3. The van der Waals surface area contributed by atoms with Crippen LogP contribution in [-0.4, -0.2) is 41.3 Å². The van der Waals surface area contributed by atoms with Gasteiger partial charge in [-0.05, 0) is 67.8 Å². The summed E-state index contributed by atoms with van der Waals surface area (Å²) in [4.78, 5) is 16.1. The lowest BCUT2D eigenvalue weighted by atomic mass is 10.1. The molecule has 7 heteroatoms. The van der Waals surface area contributed by atoms with Crippen LogP contribution in [0.3, 0.4) is 0 Å². The zero-order chi connectivity index (χ0) is 22.6. The molecule has 0 saturated carbocycles. The summed E-state index contributed by atoms with van der Waals surface area (Å²) in [7, 11) is 0. The Morgan fingerprint density at radius 1 is 1.00 bits per heavy atom. The molecule has 6 nitrogen and oxygen atoms in total. The highest BCUT2D eigenvalue weighted by Gasteiger charge is 2.15. The molecule has 0 unspecified atom stereocenters. The van der Waals surface area contributed by atoms with Gasteiger partial charge in [-0.15, -0.1) is 0 Å². The SMILES string of the molecule is Cc1cc(CCc2cccc(Nc3ccnc4cc(Cl)ccc34)c2)nc(N2CCOCC2)n1. The Labute approximate surface area is 198 Å². The number of hydrogen-bond acceptors (Lipinski definition) is 6. The van der Waals surface area contributed by atoms with Crippen molar-refractivity contribution in [3.8, 4) is 0 Å². The van der Waals surface area contributed by atoms with Crippen molar-refractivity contribution in [2.24, 2.45) is 0 Å². The minimum absolute atomic E-state index is 0.686. The highest BCUT2D eigenvalue weighted by Crippen LogP contribution is 2.27. The molecule has 1 fully saturated rings. The molecule has 2 aromatic heterocycles. The van der Waals surface area contributed by atoms with E-state index in [1.165, 1.54) is 5.56 Å². The summed E-state index contributed by atoms with van der Waals surface area (Å²) in [6.07, 6.45) is 3.57. The second-order valence-corrected chi connectivity index (χ2v) is 8.68. The number of nitrogens with one attached hydrogen (secondary N) is 1. The van der Waals surface area contributed by atoms with Crippen LogP contribution in [0.25, 0.3) is 10.9 Å². The van der Waals surface area contributed by atoms with E-state index in [0.717, 1.165) is 78.8 Å². The second kappa shape index (κ2) is 9.73. The Hall–Kier alpha value is -3.22. The number of benzene rings is 2. The first-order valence-electron chi connectivity index (χ1n) is 11.2. The lowest BCUT2D eigenvalue weighted by Gasteiger charge is -2.27. The topological polar surface area (TPSA) is 63.2 Å². The van der Waals surface area contributed by atoms with Crippen LogP contribution < -0.4 is 10.2 Å². The molecule has 1 N–H and O–H groups in total. The number of ether oxygens (including phenoxy) is 1. The lowest BCUT2D eigenvalue weighted by Crippen LogP contribution is -2.37. The van der Waals surface area contributed by atoms with Crippen LogP contribution in [0.4, 0.5) is 17.3 Å². The van der Waals surface area contributed by atoms with Gasteiger partial charge in [0.2, 0.25) is 5.95 Å². The average molecular weight is 460 g/mol. The highest BCUT2D eigenvalue weighted by molar-refractivity contribution is 6.31. The van der Waals surface area contributed by atoms with E-state index in [1.807, 2.05) is 31.2 Å². The molecule has 168 valence electrons. The normalized spacial score (nSPS) is 13.9. The first-order valence-corrected chi connectivity index (χ1v) is 11.6. The lowest BCUT2D eigenvalue weighted by molar-refractivity contribution is 0.122. The zero-order valence-electron chi connectivity index (χ0n) is 18.6. The Kier molecular flexibility index (Phi) is 6.37. The second-order valence-electron chi connectivity index (χ2n) is 8.25. The van der Waals surface area contributed by atoms with E-state index < -0.39 is 0 Å².